The molecule has 2 N–H and O–H groups in total. The first-order valence-electron chi connectivity index (χ1n) is 7.12. The minimum atomic E-state index is -0.130. The Morgan fingerprint density at radius 1 is 1.38 bits per heavy atom. The van der Waals surface area contributed by atoms with Gasteiger partial charge >= 0.3 is 6.03 Å². The maximum Gasteiger partial charge on any atom is 0.315 e. The number of rotatable bonds is 6. The van der Waals surface area contributed by atoms with Crippen LogP contribution in [0.2, 0.25) is 0 Å². The van der Waals surface area contributed by atoms with Gasteiger partial charge < -0.3 is 15.2 Å². The third-order valence-corrected chi connectivity index (χ3v) is 4.18. The number of hydrogen-bond donors (Lipinski definition) is 2. The Kier molecular flexibility index (Phi) is 5.38. The van der Waals surface area contributed by atoms with E-state index in [2.05, 4.69) is 35.5 Å². The first-order chi connectivity index (χ1) is 10.1. The maximum atomic E-state index is 12.1. The van der Waals surface area contributed by atoms with E-state index in [1.54, 1.807) is 23.9 Å². The number of imidazole rings is 1. The standard InChI is InChI=1S/C15H22N4OS/c1-11(2)14(13-5-4-8-21-13)18-15(20)17-12(3)9-19-7-6-16-10-19/h4-8,10-12,14H,9H2,1-3H3,(H2,17,18,20)/t12-,14-/m1/s1. The zero-order valence-corrected chi connectivity index (χ0v) is 13.4. The predicted octanol–water partition coefficient (Wildman–Crippen LogP) is 3.03. The van der Waals surface area contributed by atoms with Crippen molar-refractivity contribution in [1.29, 1.82) is 0 Å². The van der Waals surface area contributed by atoms with Gasteiger partial charge in [-0.3, -0.25) is 0 Å². The van der Waals surface area contributed by atoms with E-state index in [1.165, 1.54) is 4.88 Å². The van der Waals surface area contributed by atoms with Crippen molar-refractivity contribution in [3.63, 3.8) is 0 Å². The summed E-state index contributed by atoms with van der Waals surface area (Å²) < 4.78 is 1.95. The Morgan fingerprint density at radius 3 is 2.76 bits per heavy atom. The molecule has 0 saturated heterocycles. The van der Waals surface area contributed by atoms with Crippen LogP contribution in [0.1, 0.15) is 31.7 Å². The maximum absolute atomic E-state index is 12.1. The largest absolute Gasteiger partial charge is 0.335 e. The van der Waals surface area contributed by atoms with E-state index in [0.717, 1.165) is 0 Å². The van der Waals surface area contributed by atoms with Crippen LogP contribution in [0.3, 0.4) is 0 Å². The summed E-state index contributed by atoms with van der Waals surface area (Å²) in [5.41, 5.74) is 0. The second-order valence-corrected chi connectivity index (χ2v) is 6.49. The molecule has 2 heterocycles. The van der Waals surface area contributed by atoms with Crippen molar-refractivity contribution in [3.8, 4) is 0 Å². The van der Waals surface area contributed by atoms with E-state index in [0.29, 0.717) is 12.5 Å². The van der Waals surface area contributed by atoms with Crippen molar-refractivity contribution < 1.29 is 4.79 Å². The van der Waals surface area contributed by atoms with Crippen molar-refractivity contribution in [1.82, 2.24) is 20.2 Å². The molecule has 0 aliphatic carbocycles. The summed E-state index contributed by atoms with van der Waals surface area (Å²) in [6.07, 6.45) is 5.37. The molecule has 0 bridgehead atoms. The summed E-state index contributed by atoms with van der Waals surface area (Å²) in [6, 6.07) is 4.02. The highest BCUT2D eigenvalue weighted by atomic mass is 32.1. The molecule has 5 nitrogen and oxygen atoms in total. The Labute approximate surface area is 129 Å². The van der Waals surface area contributed by atoms with E-state index >= 15 is 0 Å². The third-order valence-electron chi connectivity index (χ3n) is 3.22. The molecule has 2 atom stereocenters. The lowest BCUT2D eigenvalue weighted by molar-refractivity contribution is 0.229. The second-order valence-electron chi connectivity index (χ2n) is 5.52. The van der Waals surface area contributed by atoms with E-state index in [-0.39, 0.29) is 18.1 Å². The van der Waals surface area contributed by atoms with Gasteiger partial charge in [-0.2, -0.15) is 0 Å². The predicted molar refractivity (Wildman–Crippen MR) is 85.3 cm³/mol. The van der Waals surface area contributed by atoms with Gasteiger partial charge in [0.25, 0.3) is 0 Å². The highest BCUT2D eigenvalue weighted by Gasteiger charge is 2.19. The monoisotopic (exact) mass is 306 g/mol. The summed E-state index contributed by atoms with van der Waals surface area (Å²) in [5.74, 6) is 0.346. The van der Waals surface area contributed by atoms with Crippen molar-refractivity contribution in [2.75, 3.05) is 0 Å². The Bertz CT molecular complexity index is 536. The van der Waals surface area contributed by atoms with E-state index in [4.69, 9.17) is 0 Å². The fourth-order valence-electron chi connectivity index (χ4n) is 2.20. The quantitative estimate of drug-likeness (QED) is 0.862. The summed E-state index contributed by atoms with van der Waals surface area (Å²) in [4.78, 5) is 17.3. The molecule has 0 spiro atoms. The van der Waals surface area contributed by atoms with Gasteiger partial charge in [-0.1, -0.05) is 19.9 Å². The second kappa shape index (κ2) is 7.26. The zero-order chi connectivity index (χ0) is 15.2. The molecule has 114 valence electrons. The molecule has 0 aromatic carbocycles. The Balaban J connectivity index is 1.87. The number of carbonyl (C=O) groups excluding carboxylic acids is 1. The van der Waals surface area contributed by atoms with Crippen LogP contribution >= 0.6 is 11.3 Å². The number of urea groups is 1. The van der Waals surface area contributed by atoms with Crippen molar-refractivity contribution in [2.45, 2.75) is 39.4 Å². The third kappa shape index (κ3) is 4.60. The number of thiophene rings is 1. The smallest absolute Gasteiger partial charge is 0.315 e. The molecule has 2 aromatic rings. The number of hydrogen-bond acceptors (Lipinski definition) is 3. The fraction of sp³-hybridized carbons (Fsp3) is 0.467. The van der Waals surface area contributed by atoms with Gasteiger partial charge in [0.05, 0.1) is 12.4 Å². The van der Waals surface area contributed by atoms with Crippen molar-refractivity contribution in [2.24, 2.45) is 5.92 Å². The molecule has 2 rings (SSSR count). The van der Waals surface area contributed by atoms with Crippen LogP contribution < -0.4 is 10.6 Å². The molecule has 6 heteroatoms. The van der Waals surface area contributed by atoms with Gasteiger partial charge in [0.2, 0.25) is 0 Å². The summed E-state index contributed by atoms with van der Waals surface area (Å²) >= 11 is 1.67. The summed E-state index contributed by atoms with van der Waals surface area (Å²) in [5, 5.41) is 8.07. The molecule has 0 aliphatic heterocycles. The van der Waals surface area contributed by atoms with Gasteiger partial charge in [0, 0.05) is 29.9 Å². The molecule has 0 aliphatic rings. The molecule has 21 heavy (non-hydrogen) atoms. The van der Waals surface area contributed by atoms with Crippen LogP contribution in [-0.4, -0.2) is 21.6 Å². The molecular formula is C15H22N4OS. The van der Waals surface area contributed by atoms with Crippen LogP contribution in [-0.2, 0) is 6.54 Å². The average Bonchev–Trinajstić information content (AvgIpc) is 3.07. The molecule has 0 radical (unpaired) electrons. The molecule has 2 amide bonds. The van der Waals surface area contributed by atoms with Gasteiger partial charge in [0.1, 0.15) is 0 Å². The Morgan fingerprint density at radius 2 is 2.19 bits per heavy atom. The minimum absolute atomic E-state index is 0.0374. The van der Waals surface area contributed by atoms with E-state index in [9.17, 15) is 4.79 Å². The lowest BCUT2D eigenvalue weighted by Gasteiger charge is -2.23. The van der Waals surface area contributed by atoms with Gasteiger partial charge in [-0.15, -0.1) is 11.3 Å². The van der Waals surface area contributed by atoms with Crippen molar-refractivity contribution in [3.05, 3.63) is 41.1 Å². The number of carbonyl (C=O) groups is 1. The molecular weight excluding hydrogens is 284 g/mol. The lowest BCUT2D eigenvalue weighted by atomic mass is 10.0. The SMILES string of the molecule is CC(C)[C@@H](NC(=O)N[C@H](C)Cn1ccnc1)c1cccs1. The van der Waals surface area contributed by atoms with E-state index < -0.39 is 0 Å². The van der Waals surface area contributed by atoms with Crippen LogP contribution in [0.5, 0.6) is 0 Å². The average molecular weight is 306 g/mol. The summed E-state index contributed by atoms with van der Waals surface area (Å²) in [6.45, 7) is 6.91. The van der Waals surface area contributed by atoms with Crippen molar-refractivity contribution >= 4 is 17.4 Å². The molecule has 0 fully saturated rings. The van der Waals surface area contributed by atoms with Crippen LogP contribution in [0.4, 0.5) is 4.79 Å². The molecule has 0 unspecified atom stereocenters. The molecule has 2 aromatic heterocycles. The highest BCUT2D eigenvalue weighted by Crippen LogP contribution is 2.25. The molecule has 0 saturated carbocycles. The zero-order valence-electron chi connectivity index (χ0n) is 12.6. The van der Waals surface area contributed by atoms with E-state index in [1.807, 2.05) is 29.1 Å². The number of aromatic nitrogens is 2. The fourth-order valence-corrected chi connectivity index (χ4v) is 3.15. The first-order valence-corrected chi connectivity index (χ1v) is 8.00. The van der Waals surface area contributed by atoms with Gasteiger partial charge in [-0.05, 0) is 24.3 Å². The lowest BCUT2D eigenvalue weighted by Crippen LogP contribution is -2.44. The number of nitrogens with one attached hydrogen (secondary N) is 2. The first kappa shape index (κ1) is 15.6. The topological polar surface area (TPSA) is 59.0 Å². The summed E-state index contributed by atoms with van der Waals surface area (Å²) in [7, 11) is 0. The number of nitrogens with zero attached hydrogens (tertiary/aromatic N) is 2. The Hall–Kier alpha value is -1.82. The number of amides is 2. The van der Waals surface area contributed by atoms with Gasteiger partial charge in [0.15, 0.2) is 0 Å². The normalized spacial score (nSPS) is 13.9. The highest BCUT2D eigenvalue weighted by molar-refractivity contribution is 7.10. The minimum Gasteiger partial charge on any atom is -0.335 e. The van der Waals surface area contributed by atoms with Crippen LogP contribution in [0, 0.1) is 5.92 Å². The van der Waals surface area contributed by atoms with Gasteiger partial charge in [-0.25, -0.2) is 9.78 Å². The van der Waals surface area contributed by atoms with Crippen LogP contribution in [0.25, 0.3) is 0 Å². The van der Waals surface area contributed by atoms with Crippen LogP contribution in [0.15, 0.2) is 36.2 Å².